The molecule has 0 saturated heterocycles. The van der Waals surface area contributed by atoms with E-state index < -0.39 is 22.4 Å². The van der Waals surface area contributed by atoms with Crippen LogP contribution in [0.4, 0.5) is 21.9 Å². The molecule has 0 unspecified atom stereocenters. The molecule has 0 bridgehead atoms. The number of nitro groups is 1. The maximum Gasteiger partial charge on any atom is 0.324 e. The van der Waals surface area contributed by atoms with Gasteiger partial charge in [-0.3, -0.25) is 15.0 Å². The SMILES string of the molecule is NC(=O)N(c1ccccc1)c1cc(Cl)c([N+](=O)[O-])cc1O. The van der Waals surface area contributed by atoms with Crippen LogP contribution in [0.5, 0.6) is 5.75 Å². The van der Waals surface area contributed by atoms with Crippen molar-refractivity contribution in [1.29, 1.82) is 0 Å². The third kappa shape index (κ3) is 2.87. The van der Waals surface area contributed by atoms with E-state index in [1.165, 1.54) is 0 Å². The van der Waals surface area contributed by atoms with Crippen molar-refractivity contribution in [2.45, 2.75) is 0 Å². The maximum absolute atomic E-state index is 11.6. The number of anilines is 2. The molecule has 0 aliphatic heterocycles. The Morgan fingerprint density at radius 1 is 1.29 bits per heavy atom. The Morgan fingerprint density at radius 2 is 1.90 bits per heavy atom. The molecule has 0 radical (unpaired) electrons. The lowest BCUT2D eigenvalue weighted by Crippen LogP contribution is -2.31. The van der Waals surface area contributed by atoms with Gasteiger partial charge in [-0.1, -0.05) is 29.8 Å². The van der Waals surface area contributed by atoms with Gasteiger partial charge >= 0.3 is 6.03 Å². The number of hydrogen-bond acceptors (Lipinski definition) is 4. The van der Waals surface area contributed by atoms with E-state index in [9.17, 15) is 20.0 Å². The number of halogens is 1. The summed E-state index contributed by atoms with van der Waals surface area (Å²) in [6.07, 6.45) is 0. The molecular formula is C13H10ClN3O4. The third-order valence-electron chi connectivity index (χ3n) is 2.72. The maximum atomic E-state index is 11.6. The molecule has 2 aromatic rings. The van der Waals surface area contributed by atoms with Gasteiger partial charge in [0.05, 0.1) is 22.4 Å². The molecule has 2 amide bonds. The summed E-state index contributed by atoms with van der Waals surface area (Å²) in [6, 6.07) is 9.42. The highest BCUT2D eigenvalue weighted by atomic mass is 35.5. The number of carbonyl (C=O) groups excluding carboxylic acids is 1. The number of hydrogen-bond donors (Lipinski definition) is 2. The average Bonchev–Trinajstić information content (AvgIpc) is 2.43. The molecule has 0 atom stereocenters. The summed E-state index contributed by atoms with van der Waals surface area (Å²) in [6.45, 7) is 0. The number of primary amides is 1. The summed E-state index contributed by atoms with van der Waals surface area (Å²) >= 11 is 5.80. The zero-order valence-electron chi connectivity index (χ0n) is 10.6. The second-order valence-corrected chi connectivity index (χ2v) is 4.47. The van der Waals surface area contributed by atoms with E-state index in [0.717, 1.165) is 17.0 Å². The van der Waals surface area contributed by atoms with Gasteiger partial charge in [-0.05, 0) is 18.2 Å². The number of para-hydroxylation sites is 1. The van der Waals surface area contributed by atoms with Gasteiger partial charge < -0.3 is 10.8 Å². The van der Waals surface area contributed by atoms with Crippen LogP contribution >= 0.6 is 11.6 Å². The quantitative estimate of drug-likeness (QED) is 0.670. The first kappa shape index (κ1) is 14.6. The highest BCUT2D eigenvalue weighted by Gasteiger charge is 2.23. The molecule has 0 aromatic heterocycles. The average molecular weight is 308 g/mol. The van der Waals surface area contributed by atoms with Gasteiger partial charge in [0, 0.05) is 0 Å². The number of urea groups is 1. The van der Waals surface area contributed by atoms with Crippen LogP contribution in [0, 0.1) is 10.1 Å². The summed E-state index contributed by atoms with van der Waals surface area (Å²) in [5.74, 6) is -0.478. The lowest BCUT2D eigenvalue weighted by atomic mass is 10.2. The normalized spacial score (nSPS) is 10.1. The number of nitrogens with zero attached hydrogens (tertiary/aromatic N) is 2. The predicted molar refractivity (Wildman–Crippen MR) is 77.9 cm³/mol. The highest BCUT2D eigenvalue weighted by molar-refractivity contribution is 6.33. The fourth-order valence-electron chi connectivity index (χ4n) is 1.82. The first-order valence-corrected chi connectivity index (χ1v) is 6.11. The molecule has 2 rings (SSSR count). The van der Waals surface area contributed by atoms with Crippen LogP contribution in [0.25, 0.3) is 0 Å². The molecular weight excluding hydrogens is 298 g/mol. The molecule has 21 heavy (non-hydrogen) atoms. The first-order valence-electron chi connectivity index (χ1n) is 5.73. The minimum absolute atomic E-state index is 0.0377. The molecule has 0 aliphatic carbocycles. The standard InChI is InChI=1S/C13H10ClN3O4/c14-9-6-11(12(18)7-10(9)17(20)21)16(13(15)19)8-4-2-1-3-5-8/h1-7,18H,(H2,15,19). The number of carbonyl (C=O) groups is 1. The van der Waals surface area contributed by atoms with Crippen molar-refractivity contribution in [1.82, 2.24) is 0 Å². The van der Waals surface area contributed by atoms with E-state index in [-0.39, 0.29) is 10.7 Å². The number of nitrogens with two attached hydrogens (primary N) is 1. The van der Waals surface area contributed by atoms with Crippen LogP contribution in [0.3, 0.4) is 0 Å². The fraction of sp³-hybridized carbons (Fsp3) is 0. The van der Waals surface area contributed by atoms with E-state index in [1.807, 2.05) is 0 Å². The summed E-state index contributed by atoms with van der Waals surface area (Å²) in [5.41, 5.74) is 5.21. The molecule has 0 fully saturated rings. The number of nitro benzene ring substituents is 1. The predicted octanol–water partition coefficient (Wildman–Crippen LogP) is 3.17. The van der Waals surface area contributed by atoms with E-state index in [4.69, 9.17) is 17.3 Å². The molecule has 108 valence electrons. The Morgan fingerprint density at radius 3 is 2.43 bits per heavy atom. The molecule has 7 nitrogen and oxygen atoms in total. The van der Waals surface area contributed by atoms with E-state index in [2.05, 4.69) is 0 Å². The minimum atomic E-state index is -0.860. The van der Waals surface area contributed by atoms with Crippen LogP contribution in [0.15, 0.2) is 42.5 Å². The summed E-state index contributed by atoms with van der Waals surface area (Å²) in [7, 11) is 0. The molecule has 2 aromatic carbocycles. The lowest BCUT2D eigenvalue weighted by Gasteiger charge is -2.21. The Bertz CT molecular complexity index is 706. The van der Waals surface area contributed by atoms with Crippen LogP contribution in [0.2, 0.25) is 5.02 Å². The number of amides is 2. The van der Waals surface area contributed by atoms with Gasteiger partial charge in [0.25, 0.3) is 5.69 Å². The number of benzene rings is 2. The van der Waals surface area contributed by atoms with Crippen LogP contribution in [0.1, 0.15) is 0 Å². The largest absolute Gasteiger partial charge is 0.505 e. The van der Waals surface area contributed by atoms with Crippen LogP contribution < -0.4 is 10.6 Å². The van der Waals surface area contributed by atoms with Gasteiger partial charge in [0.1, 0.15) is 10.8 Å². The molecule has 0 saturated carbocycles. The van der Waals surface area contributed by atoms with E-state index >= 15 is 0 Å². The molecule has 3 N–H and O–H groups in total. The van der Waals surface area contributed by atoms with Gasteiger partial charge in [-0.2, -0.15) is 0 Å². The summed E-state index contributed by atoms with van der Waals surface area (Å²) in [5, 5.41) is 20.5. The Balaban J connectivity index is 2.60. The molecule has 0 spiro atoms. The lowest BCUT2D eigenvalue weighted by molar-refractivity contribution is -0.384. The molecule has 0 heterocycles. The Kier molecular flexibility index (Phi) is 3.95. The minimum Gasteiger partial charge on any atom is -0.505 e. The van der Waals surface area contributed by atoms with Crippen molar-refractivity contribution in [3.8, 4) is 5.75 Å². The van der Waals surface area contributed by atoms with Crippen LogP contribution in [-0.2, 0) is 0 Å². The summed E-state index contributed by atoms with van der Waals surface area (Å²) in [4.78, 5) is 22.7. The van der Waals surface area contributed by atoms with Crippen molar-refractivity contribution >= 4 is 34.7 Å². The Hall–Kier alpha value is -2.80. The second kappa shape index (κ2) is 5.68. The zero-order chi connectivity index (χ0) is 15.6. The van der Waals surface area contributed by atoms with Crippen molar-refractivity contribution in [3.05, 3.63) is 57.6 Å². The smallest absolute Gasteiger partial charge is 0.324 e. The van der Waals surface area contributed by atoms with Crippen LogP contribution in [-0.4, -0.2) is 16.1 Å². The monoisotopic (exact) mass is 307 g/mol. The van der Waals surface area contributed by atoms with E-state index in [1.54, 1.807) is 30.3 Å². The fourth-order valence-corrected chi connectivity index (χ4v) is 2.05. The topological polar surface area (TPSA) is 110 Å². The van der Waals surface area contributed by atoms with Crippen molar-refractivity contribution in [2.75, 3.05) is 4.90 Å². The van der Waals surface area contributed by atoms with Gasteiger partial charge in [-0.15, -0.1) is 0 Å². The van der Waals surface area contributed by atoms with Gasteiger partial charge in [-0.25, -0.2) is 4.79 Å². The number of phenols is 1. The number of phenolic OH excluding ortho intramolecular Hbond substituents is 1. The highest BCUT2D eigenvalue weighted by Crippen LogP contribution is 2.39. The zero-order valence-corrected chi connectivity index (χ0v) is 11.3. The Labute approximate surface area is 124 Å². The van der Waals surface area contributed by atoms with Gasteiger partial charge in [0.15, 0.2) is 0 Å². The third-order valence-corrected chi connectivity index (χ3v) is 3.02. The van der Waals surface area contributed by atoms with Crippen molar-refractivity contribution in [3.63, 3.8) is 0 Å². The number of aromatic hydroxyl groups is 1. The van der Waals surface area contributed by atoms with E-state index in [0.29, 0.717) is 5.69 Å². The van der Waals surface area contributed by atoms with Gasteiger partial charge in [0.2, 0.25) is 0 Å². The number of rotatable bonds is 3. The molecule has 0 aliphatic rings. The van der Waals surface area contributed by atoms with Crippen molar-refractivity contribution < 1.29 is 14.8 Å². The first-order chi connectivity index (χ1) is 9.91. The second-order valence-electron chi connectivity index (χ2n) is 4.06. The molecule has 8 heteroatoms. The summed E-state index contributed by atoms with van der Waals surface area (Å²) < 4.78 is 0. The van der Waals surface area contributed by atoms with Crippen molar-refractivity contribution in [2.24, 2.45) is 5.73 Å².